The zero-order chi connectivity index (χ0) is 15.0. The molecule has 2 heterocycles. The fourth-order valence-corrected chi connectivity index (χ4v) is 3.18. The van der Waals surface area contributed by atoms with Crippen molar-refractivity contribution in [3.63, 3.8) is 0 Å². The van der Waals surface area contributed by atoms with E-state index in [1.165, 1.54) is 15.9 Å². The monoisotopic (exact) mass is 297 g/mol. The number of aryl methyl sites for hydroxylation is 2. The minimum atomic E-state index is -0.104. The van der Waals surface area contributed by atoms with Crippen LogP contribution in [-0.4, -0.2) is 10.4 Å². The van der Waals surface area contributed by atoms with Crippen LogP contribution in [0.4, 0.5) is 0 Å². The summed E-state index contributed by atoms with van der Waals surface area (Å²) in [6.07, 6.45) is 1.70. The highest BCUT2D eigenvalue weighted by molar-refractivity contribution is 7.17. The first kappa shape index (κ1) is 13.8. The van der Waals surface area contributed by atoms with Gasteiger partial charge in [-0.15, -0.1) is 11.3 Å². The molecule has 0 aliphatic heterocycles. The highest BCUT2D eigenvalue weighted by Gasteiger charge is 2.12. The molecule has 0 aliphatic rings. The zero-order valence-electron chi connectivity index (χ0n) is 11.9. The Kier molecular flexibility index (Phi) is 3.47. The number of pyridine rings is 1. The maximum atomic E-state index is 12.5. The minimum Gasteiger partial charge on any atom is -0.307 e. The Balaban J connectivity index is 1.98. The zero-order valence-corrected chi connectivity index (χ0v) is 12.7. The third-order valence-electron chi connectivity index (χ3n) is 3.60. The SMILES string of the molecule is Cc1ccc(C)c(C(=O)Cn2ccc3sccc3c2=O)c1. The molecule has 0 aliphatic carbocycles. The lowest BCUT2D eigenvalue weighted by Crippen LogP contribution is -2.23. The highest BCUT2D eigenvalue weighted by atomic mass is 32.1. The number of hydrogen-bond acceptors (Lipinski definition) is 3. The van der Waals surface area contributed by atoms with Gasteiger partial charge in [-0.3, -0.25) is 9.59 Å². The number of ketones is 1. The standard InChI is InChI=1S/C17H15NO2S/c1-11-3-4-12(2)14(9-11)15(19)10-18-7-5-16-13(17(18)20)6-8-21-16/h3-9H,10H2,1-2H3. The Hall–Kier alpha value is -2.20. The Morgan fingerprint density at radius 3 is 2.81 bits per heavy atom. The van der Waals surface area contributed by atoms with Crippen LogP contribution >= 0.6 is 11.3 Å². The summed E-state index contributed by atoms with van der Waals surface area (Å²) in [5.41, 5.74) is 2.57. The van der Waals surface area contributed by atoms with Crippen LogP contribution < -0.4 is 5.56 Å². The molecule has 4 heteroatoms. The molecule has 106 valence electrons. The topological polar surface area (TPSA) is 39.1 Å². The summed E-state index contributed by atoms with van der Waals surface area (Å²) in [6, 6.07) is 9.49. The van der Waals surface area contributed by atoms with Crippen molar-refractivity contribution in [1.29, 1.82) is 0 Å². The molecule has 0 unspecified atom stereocenters. The molecule has 2 aromatic heterocycles. The Morgan fingerprint density at radius 2 is 2.00 bits per heavy atom. The molecule has 3 rings (SSSR count). The Labute approximate surface area is 126 Å². The normalized spacial score (nSPS) is 11.0. The Morgan fingerprint density at radius 1 is 1.19 bits per heavy atom. The average Bonchev–Trinajstić information content (AvgIpc) is 2.93. The van der Waals surface area contributed by atoms with E-state index in [-0.39, 0.29) is 17.9 Å². The van der Waals surface area contributed by atoms with Crippen LogP contribution in [0.3, 0.4) is 0 Å². The van der Waals surface area contributed by atoms with Crippen molar-refractivity contribution in [2.24, 2.45) is 0 Å². The van der Waals surface area contributed by atoms with Gasteiger partial charge in [0.15, 0.2) is 5.78 Å². The van der Waals surface area contributed by atoms with Crippen LogP contribution in [0.25, 0.3) is 10.1 Å². The predicted molar refractivity (Wildman–Crippen MR) is 86.3 cm³/mol. The highest BCUT2D eigenvalue weighted by Crippen LogP contribution is 2.17. The van der Waals surface area contributed by atoms with Gasteiger partial charge in [0.2, 0.25) is 0 Å². The molecule has 0 saturated heterocycles. The van der Waals surface area contributed by atoms with Crippen LogP contribution in [0.15, 0.2) is 46.7 Å². The van der Waals surface area contributed by atoms with E-state index in [0.717, 1.165) is 15.8 Å². The molecule has 0 bridgehead atoms. The van der Waals surface area contributed by atoms with E-state index in [1.807, 2.05) is 43.5 Å². The molecule has 0 N–H and O–H groups in total. The van der Waals surface area contributed by atoms with Crippen molar-refractivity contribution in [3.8, 4) is 0 Å². The molecule has 0 saturated carbocycles. The smallest absolute Gasteiger partial charge is 0.259 e. The van der Waals surface area contributed by atoms with Gasteiger partial charge in [-0.05, 0) is 43.0 Å². The minimum absolute atomic E-state index is 0.0344. The van der Waals surface area contributed by atoms with E-state index in [1.54, 1.807) is 12.3 Å². The van der Waals surface area contributed by atoms with Gasteiger partial charge in [0.25, 0.3) is 5.56 Å². The number of rotatable bonds is 3. The summed E-state index contributed by atoms with van der Waals surface area (Å²) in [4.78, 5) is 24.8. The van der Waals surface area contributed by atoms with Crippen molar-refractivity contribution < 1.29 is 4.79 Å². The molecule has 1 aromatic carbocycles. The van der Waals surface area contributed by atoms with E-state index in [2.05, 4.69) is 0 Å². The lowest BCUT2D eigenvalue weighted by atomic mass is 10.0. The first-order valence-electron chi connectivity index (χ1n) is 6.73. The van der Waals surface area contributed by atoms with Crippen molar-refractivity contribution in [3.05, 3.63) is 69.0 Å². The molecule has 3 nitrogen and oxygen atoms in total. The van der Waals surface area contributed by atoms with Crippen LogP contribution in [0.2, 0.25) is 0 Å². The van der Waals surface area contributed by atoms with Gasteiger partial charge in [-0.2, -0.15) is 0 Å². The summed E-state index contributed by atoms with van der Waals surface area (Å²) in [7, 11) is 0. The number of carbonyl (C=O) groups is 1. The van der Waals surface area contributed by atoms with E-state index < -0.39 is 0 Å². The molecule has 21 heavy (non-hydrogen) atoms. The maximum absolute atomic E-state index is 12.5. The second-order valence-electron chi connectivity index (χ2n) is 5.19. The number of aromatic nitrogens is 1. The largest absolute Gasteiger partial charge is 0.307 e. The quantitative estimate of drug-likeness (QED) is 0.693. The van der Waals surface area contributed by atoms with Gasteiger partial charge in [0.05, 0.1) is 11.9 Å². The van der Waals surface area contributed by atoms with Gasteiger partial charge in [-0.25, -0.2) is 0 Å². The van der Waals surface area contributed by atoms with Gasteiger partial charge < -0.3 is 4.57 Å². The van der Waals surface area contributed by atoms with Gasteiger partial charge in [0, 0.05) is 16.5 Å². The van der Waals surface area contributed by atoms with E-state index in [4.69, 9.17) is 0 Å². The number of thiophene rings is 1. The average molecular weight is 297 g/mol. The van der Waals surface area contributed by atoms with Crippen LogP contribution in [0, 0.1) is 13.8 Å². The van der Waals surface area contributed by atoms with Crippen LogP contribution in [0.5, 0.6) is 0 Å². The molecule has 0 amide bonds. The number of benzene rings is 1. The molecule has 3 aromatic rings. The fraction of sp³-hybridized carbons (Fsp3) is 0.176. The van der Waals surface area contributed by atoms with Gasteiger partial charge in [-0.1, -0.05) is 17.7 Å². The summed E-state index contributed by atoms with van der Waals surface area (Å²) >= 11 is 1.53. The maximum Gasteiger partial charge on any atom is 0.259 e. The Bertz CT molecular complexity index is 889. The lowest BCUT2D eigenvalue weighted by Gasteiger charge is -2.08. The molecule has 0 atom stereocenters. The third kappa shape index (κ3) is 2.54. The summed E-state index contributed by atoms with van der Waals surface area (Å²) in [5.74, 6) is -0.0344. The number of nitrogens with zero attached hydrogens (tertiary/aromatic N) is 1. The number of Topliss-reactive ketones (excluding diaryl/α,β-unsaturated/α-hetero) is 1. The number of hydrogen-bond donors (Lipinski definition) is 0. The van der Waals surface area contributed by atoms with Crippen LogP contribution in [0.1, 0.15) is 21.5 Å². The molecule has 0 radical (unpaired) electrons. The molecular weight excluding hydrogens is 282 g/mol. The molecule has 0 fully saturated rings. The van der Waals surface area contributed by atoms with E-state index in [9.17, 15) is 9.59 Å². The summed E-state index contributed by atoms with van der Waals surface area (Å²) in [6.45, 7) is 3.95. The van der Waals surface area contributed by atoms with E-state index in [0.29, 0.717) is 10.9 Å². The van der Waals surface area contributed by atoms with E-state index >= 15 is 0 Å². The van der Waals surface area contributed by atoms with Crippen LogP contribution in [-0.2, 0) is 6.54 Å². The first-order chi connectivity index (χ1) is 10.1. The van der Waals surface area contributed by atoms with Gasteiger partial charge in [0.1, 0.15) is 0 Å². The second kappa shape index (κ2) is 5.30. The molecule has 0 spiro atoms. The molecular formula is C17H15NO2S. The lowest BCUT2D eigenvalue weighted by molar-refractivity contribution is 0.0970. The summed E-state index contributed by atoms with van der Waals surface area (Å²) in [5, 5.41) is 2.57. The summed E-state index contributed by atoms with van der Waals surface area (Å²) < 4.78 is 2.44. The predicted octanol–water partition coefficient (Wildman–Crippen LogP) is 3.56. The number of fused-ring (bicyclic) bond motifs is 1. The van der Waals surface area contributed by atoms with Crippen molar-refractivity contribution in [2.45, 2.75) is 20.4 Å². The first-order valence-corrected chi connectivity index (χ1v) is 7.61. The third-order valence-corrected chi connectivity index (χ3v) is 4.48. The van der Waals surface area contributed by atoms with Crippen molar-refractivity contribution in [2.75, 3.05) is 0 Å². The van der Waals surface area contributed by atoms with Crippen molar-refractivity contribution >= 4 is 27.2 Å². The number of carbonyl (C=O) groups excluding carboxylic acids is 1. The van der Waals surface area contributed by atoms with Crippen molar-refractivity contribution in [1.82, 2.24) is 4.57 Å². The second-order valence-corrected chi connectivity index (χ2v) is 6.14. The van der Waals surface area contributed by atoms with Gasteiger partial charge >= 0.3 is 0 Å². The fourth-order valence-electron chi connectivity index (χ4n) is 2.41.